The molecule has 214 valence electrons. The SMILES string of the molecule is CCCCC/C=C/C=C\C(=O)O[C@H]1C(C)=C[C@]23C(=O)[C@@H](C=C(COC(C)=O)[C@@H](O)[C@]12O)[C@H]1[C@@H](C[C@H]3C)C1(C)C. The topological polar surface area (TPSA) is 110 Å². The second-order valence-electron chi connectivity index (χ2n) is 12.6. The van der Waals surface area contributed by atoms with Gasteiger partial charge in [0.05, 0.1) is 5.41 Å². The lowest BCUT2D eigenvalue weighted by atomic mass is 9.59. The van der Waals surface area contributed by atoms with E-state index < -0.39 is 41.1 Å². The van der Waals surface area contributed by atoms with Gasteiger partial charge in [0, 0.05) is 18.9 Å². The third-order valence-corrected chi connectivity index (χ3v) is 9.84. The van der Waals surface area contributed by atoms with Crippen molar-refractivity contribution in [1.29, 1.82) is 0 Å². The highest BCUT2D eigenvalue weighted by Crippen LogP contribution is 2.71. The summed E-state index contributed by atoms with van der Waals surface area (Å²) in [6, 6.07) is 0. The summed E-state index contributed by atoms with van der Waals surface area (Å²) in [4.78, 5) is 39.1. The predicted molar refractivity (Wildman–Crippen MR) is 147 cm³/mol. The number of aliphatic hydroxyl groups excluding tert-OH is 1. The van der Waals surface area contributed by atoms with E-state index in [0.717, 1.165) is 25.7 Å². The number of hydrogen-bond acceptors (Lipinski definition) is 7. The Balaban J connectivity index is 1.69. The Morgan fingerprint density at radius 1 is 1.21 bits per heavy atom. The summed E-state index contributed by atoms with van der Waals surface area (Å²) in [5.74, 6) is -1.92. The molecule has 0 radical (unpaired) electrons. The van der Waals surface area contributed by atoms with Crippen molar-refractivity contribution in [2.45, 2.75) is 91.5 Å². The van der Waals surface area contributed by atoms with E-state index in [1.807, 2.05) is 13.0 Å². The van der Waals surface area contributed by atoms with E-state index >= 15 is 0 Å². The molecular formula is C32H44O7. The van der Waals surface area contributed by atoms with E-state index in [1.54, 1.807) is 31.2 Å². The number of ether oxygens (including phenoxy) is 2. The Morgan fingerprint density at radius 3 is 2.59 bits per heavy atom. The fourth-order valence-corrected chi connectivity index (χ4v) is 7.74. The van der Waals surface area contributed by atoms with Gasteiger partial charge in [0.1, 0.15) is 12.7 Å². The molecule has 0 aliphatic heterocycles. The van der Waals surface area contributed by atoms with Gasteiger partial charge in [0.2, 0.25) is 0 Å². The molecule has 2 N–H and O–H groups in total. The van der Waals surface area contributed by atoms with Gasteiger partial charge in [-0.3, -0.25) is 9.59 Å². The molecule has 0 aromatic heterocycles. The number of carbonyl (C=O) groups is 3. The second kappa shape index (κ2) is 10.8. The molecule has 4 rings (SSSR count). The number of carbonyl (C=O) groups excluding carboxylic acids is 3. The van der Waals surface area contributed by atoms with Crippen LogP contribution in [0.5, 0.6) is 0 Å². The van der Waals surface area contributed by atoms with E-state index in [0.29, 0.717) is 12.0 Å². The van der Waals surface area contributed by atoms with Crippen molar-refractivity contribution in [3.63, 3.8) is 0 Å². The van der Waals surface area contributed by atoms with Gasteiger partial charge >= 0.3 is 11.9 Å². The van der Waals surface area contributed by atoms with Crippen LogP contribution >= 0.6 is 0 Å². The first kappa shape index (κ1) is 29.5. The number of Topliss-reactive ketones (excluding diaryl/α,β-unsaturated/α-hetero) is 1. The van der Waals surface area contributed by atoms with E-state index in [4.69, 9.17) is 9.47 Å². The number of allylic oxidation sites excluding steroid dienone is 4. The van der Waals surface area contributed by atoms with Crippen LogP contribution in [-0.4, -0.2) is 52.4 Å². The van der Waals surface area contributed by atoms with Gasteiger partial charge in [-0.2, -0.15) is 0 Å². The van der Waals surface area contributed by atoms with Gasteiger partial charge in [-0.1, -0.05) is 70.9 Å². The van der Waals surface area contributed by atoms with Gasteiger partial charge < -0.3 is 19.7 Å². The fourth-order valence-electron chi connectivity index (χ4n) is 7.74. The molecule has 0 aromatic rings. The maximum atomic E-state index is 14.5. The number of hydrogen-bond donors (Lipinski definition) is 2. The minimum Gasteiger partial charge on any atom is -0.461 e. The van der Waals surface area contributed by atoms with E-state index in [1.165, 1.54) is 13.0 Å². The van der Waals surface area contributed by atoms with E-state index in [9.17, 15) is 24.6 Å². The zero-order chi connectivity index (χ0) is 28.8. The Bertz CT molecular complexity index is 1130. The number of unbranched alkanes of at least 4 members (excludes halogenated alkanes) is 3. The van der Waals surface area contributed by atoms with Crippen LogP contribution in [0.25, 0.3) is 0 Å². The van der Waals surface area contributed by atoms with Gasteiger partial charge in [-0.05, 0) is 60.5 Å². The number of rotatable bonds is 9. The molecule has 0 unspecified atom stereocenters. The van der Waals surface area contributed by atoms with Crippen molar-refractivity contribution in [2.75, 3.05) is 6.61 Å². The minimum atomic E-state index is -2.14. The molecule has 39 heavy (non-hydrogen) atoms. The molecule has 4 aliphatic rings. The average Bonchev–Trinajstić information content (AvgIpc) is 3.36. The largest absolute Gasteiger partial charge is 0.461 e. The lowest BCUT2D eigenvalue weighted by molar-refractivity contribution is -0.201. The first-order chi connectivity index (χ1) is 18.3. The summed E-state index contributed by atoms with van der Waals surface area (Å²) in [5.41, 5.74) is -2.87. The zero-order valence-corrected chi connectivity index (χ0v) is 24.1. The summed E-state index contributed by atoms with van der Waals surface area (Å²) in [6.07, 6.45) is 12.3. The Kier molecular flexibility index (Phi) is 8.17. The Morgan fingerprint density at radius 2 is 1.92 bits per heavy atom. The Hall–Kier alpha value is -2.51. The van der Waals surface area contributed by atoms with Crippen LogP contribution in [0, 0.1) is 34.5 Å². The number of fused-ring (bicyclic) bond motifs is 3. The molecule has 2 saturated carbocycles. The van der Waals surface area contributed by atoms with Crippen LogP contribution in [0.3, 0.4) is 0 Å². The van der Waals surface area contributed by atoms with Crippen molar-refractivity contribution in [3.05, 3.63) is 47.6 Å². The lowest BCUT2D eigenvalue weighted by Gasteiger charge is -2.48. The van der Waals surface area contributed by atoms with Gasteiger partial charge in [0.25, 0.3) is 0 Å². The first-order valence-electron chi connectivity index (χ1n) is 14.4. The summed E-state index contributed by atoms with van der Waals surface area (Å²) < 4.78 is 11.1. The molecule has 2 fully saturated rings. The maximum Gasteiger partial charge on any atom is 0.331 e. The standard InChI is InChI=1S/C32H44O7/c1-7-8-9-10-11-12-13-14-25(34)39-29-19(2)17-31-20(3)15-24-26(30(24,5)6)23(28(31)36)16-22(18-38-21(4)33)27(35)32(29,31)37/h11-14,16-17,20,23-24,26-27,29,35,37H,7-10,15,18H2,1-6H3/b12-11+,14-13-/t20-,23+,24-,26+,27-,29+,31+,32+/m1/s1. The molecule has 0 heterocycles. The highest BCUT2D eigenvalue weighted by Gasteiger charge is 2.76. The summed E-state index contributed by atoms with van der Waals surface area (Å²) in [7, 11) is 0. The van der Waals surface area contributed by atoms with Crippen LogP contribution in [0.2, 0.25) is 0 Å². The molecule has 1 spiro atoms. The van der Waals surface area contributed by atoms with Gasteiger partial charge in [0.15, 0.2) is 17.5 Å². The van der Waals surface area contributed by atoms with Crippen LogP contribution in [-0.2, 0) is 23.9 Å². The minimum absolute atomic E-state index is 0.0519. The van der Waals surface area contributed by atoms with E-state index in [2.05, 4.69) is 20.8 Å². The molecule has 0 aromatic carbocycles. The summed E-state index contributed by atoms with van der Waals surface area (Å²) in [5, 5.41) is 24.3. The lowest BCUT2D eigenvalue weighted by Crippen LogP contribution is -2.65. The molecule has 4 aliphatic carbocycles. The fraction of sp³-hybridized carbons (Fsp3) is 0.656. The second-order valence-corrected chi connectivity index (χ2v) is 12.6. The third kappa shape index (κ3) is 4.76. The third-order valence-electron chi connectivity index (χ3n) is 9.84. The smallest absolute Gasteiger partial charge is 0.331 e. The van der Waals surface area contributed by atoms with Crippen molar-refractivity contribution in [2.24, 2.45) is 34.5 Å². The zero-order valence-electron chi connectivity index (χ0n) is 24.1. The molecule has 7 nitrogen and oxygen atoms in total. The molecule has 0 amide bonds. The summed E-state index contributed by atoms with van der Waals surface area (Å²) >= 11 is 0. The van der Waals surface area contributed by atoms with Crippen molar-refractivity contribution in [1.82, 2.24) is 0 Å². The normalized spacial score (nSPS) is 38.4. The van der Waals surface area contributed by atoms with Crippen molar-refractivity contribution >= 4 is 17.7 Å². The molecular weight excluding hydrogens is 496 g/mol. The van der Waals surface area contributed by atoms with Crippen molar-refractivity contribution < 1.29 is 34.1 Å². The molecule has 8 atom stereocenters. The van der Waals surface area contributed by atoms with E-state index in [-0.39, 0.29) is 41.1 Å². The molecule has 7 heteroatoms. The Labute approximate surface area is 232 Å². The maximum absolute atomic E-state index is 14.5. The molecule has 0 saturated heterocycles. The van der Waals surface area contributed by atoms with Crippen LogP contribution in [0.4, 0.5) is 0 Å². The van der Waals surface area contributed by atoms with Crippen LogP contribution in [0.1, 0.15) is 73.6 Å². The monoisotopic (exact) mass is 540 g/mol. The summed E-state index contributed by atoms with van der Waals surface area (Å²) in [6.45, 7) is 11.1. The predicted octanol–water partition coefficient (Wildman–Crippen LogP) is 4.63. The number of ketones is 1. The average molecular weight is 541 g/mol. The quantitative estimate of drug-likeness (QED) is 0.144. The van der Waals surface area contributed by atoms with Crippen LogP contribution in [0.15, 0.2) is 47.6 Å². The first-order valence-corrected chi connectivity index (χ1v) is 14.4. The highest BCUT2D eigenvalue weighted by atomic mass is 16.6. The highest BCUT2D eigenvalue weighted by molar-refractivity contribution is 5.95. The van der Waals surface area contributed by atoms with Crippen molar-refractivity contribution in [3.8, 4) is 0 Å². The van der Waals surface area contributed by atoms with Gasteiger partial charge in [-0.15, -0.1) is 0 Å². The van der Waals surface area contributed by atoms with Gasteiger partial charge in [-0.25, -0.2) is 4.79 Å². The van der Waals surface area contributed by atoms with Crippen LogP contribution < -0.4 is 0 Å². The number of esters is 2. The number of aliphatic hydroxyl groups is 2. The molecule has 2 bridgehead atoms.